The van der Waals surface area contributed by atoms with Gasteiger partial charge in [0.2, 0.25) is 0 Å². The highest BCUT2D eigenvalue weighted by atomic mass is 15.1. The largest absolute Gasteiger partial charge is 0.297 e. The molecule has 2 unspecified atom stereocenters. The Hall–Kier alpha value is -1.85. The summed E-state index contributed by atoms with van der Waals surface area (Å²) in [6.45, 7) is 8.97. The highest BCUT2D eigenvalue weighted by Gasteiger charge is 2.15. The molecule has 1 aromatic rings. The van der Waals surface area contributed by atoms with E-state index in [4.69, 9.17) is 5.26 Å². The molecule has 128 valence electrons. The van der Waals surface area contributed by atoms with Gasteiger partial charge in [0.05, 0.1) is 12.0 Å². The van der Waals surface area contributed by atoms with Crippen molar-refractivity contribution in [3.8, 4) is 6.07 Å². The van der Waals surface area contributed by atoms with Gasteiger partial charge >= 0.3 is 0 Å². The molecule has 2 atom stereocenters. The molecular weight excluding hydrogens is 292 g/mol. The Morgan fingerprint density at radius 2 is 1.96 bits per heavy atom. The summed E-state index contributed by atoms with van der Waals surface area (Å²) in [7, 11) is 0. The SMILES string of the molecule is CC(CCN(Cc1ccccc1)C(C)C)C1=CCCC(C#N)C=C1. The van der Waals surface area contributed by atoms with Crippen LogP contribution < -0.4 is 0 Å². The maximum Gasteiger partial charge on any atom is 0.0697 e. The number of hydrogen-bond donors (Lipinski definition) is 0. The van der Waals surface area contributed by atoms with Crippen LogP contribution in [0.25, 0.3) is 0 Å². The van der Waals surface area contributed by atoms with Crippen LogP contribution in [0.2, 0.25) is 0 Å². The van der Waals surface area contributed by atoms with Crippen molar-refractivity contribution < 1.29 is 0 Å². The number of benzene rings is 1. The van der Waals surface area contributed by atoms with Gasteiger partial charge in [-0.15, -0.1) is 0 Å². The topological polar surface area (TPSA) is 27.0 Å². The fourth-order valence-electron chi connectivity index (χ4n) is 3.16. The van der Waals surface area contributed by atoms with E-state index in [0.29, 0.717) is 12.0 Å². The van der Waals surface area contributed by atoms with Crippen molar-refractivity contribution in [3.63, 3.8) is 0 Å². The fourth-order valence-corrected chi connectivity index (χ4v) is 3.16. The van der Waals surface area contributed by atoms with Crippen LogP contribution in [0.5, 0.6) is 0 Å². The van der Waals surface area contributed by atoms with E-state index < -0.39 is 0 Å². The van der Waals surface area contributed by atoms with Gasteiger partial charge in [-0.25, -0.2) is 0 Å². The second kappa shape index (κ2) is 9.45. The first-order valence-electron chi connectivity index (χ1n) is 9.16. The maximum atomic E-state index is 9.09. The predicted molar refractivity (Wildman–Crippen MR) is 101 cm³/mol. The smallest absolute Gasteiger partial charge is 0.0697 e. The third-order valence-corrected chi connectivity index (χ3v) is 4.92. The Labute approximate surface area is 147 Å². The molecular formula is C22H30N2. The minimum Gasteiger partial charge on any atom is -0.297 e. The van der Waals surface area contributed by atoms with Crippen molar-refractivity contribution in [3.05, 3.63) is 59.7 Å². The summed E-state index contributed by atoms with van der Waals surface area (Å²) in [5.74, 6) is 0.618. The van der Waals surface area contributed by atoms with E-state index >= 15 is 0 Å². The van der Waals surface area contributed by atoms with Crippen LogP contribution in [-0.2, 0) is 6.54 Å². The minimum absolute atomic E-state index is 0.0798. The van der Waals surface area contributed by atoms with Crippen LogP contribution in [-0.4, -0.2) is 17.5 Å². The molecule has 1 aliphatic carbocycles. The molecule has 0 aromatic heterocycles. The molecule has 0 fully saturated rings. The Kier molecular flexibility index (Phi) is 7.28. The van der Waals surface area contributed by atoms with Gasteiger partial charge in [-0.2, -0.15) is 5.26 Å². The summed E-state index contributed by atoms with van der Waals surface area (Å²) >= 11 is 0. The van der Waals surface area contributed by atoms with Gasteiger partial charge in [0, 0.05) is 12.6 Å². The summed E-state index contributed by atoms with van der Waals surface area (Å²) in [5.41, 5.74) is 2.78. The van der Waals surface area contributed by atoms with Crippen LogP contribution in [0.4, 0.5) is 0 Å². The highest BCUT2D eigenvalue weighted by molar-refractivity contribution is 5.25. The fraction of sp³-hybridized carbons (Fsp3) is 0.500. The monoisotopic (exact) mass is 322 g/mol. The van der Waals surface area contributed by atoms with Crippen LogP contribution in [0.15, 0.2) is 54.1 Å². The van der Waals surface area contributed by atoms with Crippen molar-refractivity contribution in [1.29, 1.82) is 5.26 Å². The summed E-state index contributed by atoms with van der Waals surface area (Å²) in [6.07, 6.45) is 9.72. The first-order chi connectivity index (χ1) is 11.6. The molecule has 2 rings (SSSR count). The second-order valence-electron chi connectivity index (χ2n) is 7.12. The van der Waals surface area contributed by atoms with E-state index in [0.717, 1.165) is 32.4 Å². The number of rotatable bonds is 7. The Bertz CT molecular complexity index is 592. The molecule has 0 radical (unpaired) electrons. The quantitative estimate of drug-likeness (QED) is 0.677. The zero-order valence-corrected chi connectivity index (χ0v) is 15.3. The summed E-state index contributed by atoms with van der Waals surface area (Å²) in [5, 5.41) is 9.09. The Balaban J connectivity index is 1.91. The van der Waals surface area contributed by atoms with Crippen LogP contribution >= 0.6 is 0 Å². The lowest BCUT2D eigenvalue weighted by Gasteiger charge is -2.28. The maximum absolute atomic E-state index is 9.09. The lowest BCUT2D eigenvalue weighted by atomic mass is 9.96. The van der Waals surface area contributed by atoms with E-state index in [1.165, 1.54) is 11.1 Å². The molecule has 1 aliphatic rings. The van der Waals surface area contributed by atoms with Crippen molar-refractivity contribution in [1.82, 2.24) is 4.90 Å². The number of allylic oxidation sites excluding steroid dienone is 4. The van der Waals surface area contributed by atoms with Crippen molar-refractivity contribution in [2.45, 2.75) is 52.6 Å². The Morgan fingerprint density at radius 1 is 1.21 bits per heavy atom. The summed E-state index contributed by atoms with van der Waals surface area (Å²) in [4.78, 5) is 2.55. The van der Waals surface area contributed by atoms with Crippen molar-refractivity contribution in [2.75, 3.05) is 6.54 Å². The van der Waals surface area contributed by atoms with Gasteiger partial charge in [0.1, 0.15) is 0 Å². The predicted octanol–water partition coefficient (Wildman–Crippen LogP) is 5.34. The molecule has 0 N–H and O–H groups in total. The van der Waals surface area contributed by atoms with E-state index in [1.54, 1.807) is 0 Å². The molecule has 1 aromatic carbocycles. The molecule has 0 aliphatic heterocycles. The molecule has 24 heavy (non-hydrogen) atoms. The normalized spacial score (nSPS) is 19.0. The minimum atomic E-state index is 0.0798. The van der Waals surface area contributed by atoms with E-state index in [2.05, 4.69) is 80.3 Å². The molecule has 2 nitrogen and oxygen atoms in total. The van der Waals surface area contributed by atoms with Crippen molar-refractivity contribution in [2.24, 2.45) is 11.8 Å². The summed E-state index contributed by atoms with van der Waals surface area (Å²) in [6, 6.07) is 13.6. The first kappa shape index (κ1) is 18.5. The van der Waals surface area contributed by atoms with E-state index in [1.807, 2.05) is 0 Å². The lowest BCUT2D eigenvalue weighted by Crippen LogP contribution is -2.32. The zero-order valence-electron chi connectivity index (χ0n) is 15.3. The third kappa shape index (κ3) is 5.65. The lowest BCUT2D eigenvalue weighted by molar-refractivity contribution is 0.203. The molecule has 0 amide bonds. The van der Waals surface area contributed by atoms with Gasteiger partial charge in [-0.05, 0) is 56.7 Å². The van der Waals surface area contributed by atoms with Crippen molar-refractivity contribution >= 4 is 0 Å². The highest BCUT2D eigenvalue weighted by Crippen LogP contribution is 2.24. The van der Waals surface area contributed by atoms with Crippen LogP contribution in [0.3, 0.4) is 0 Å². The standard InChI is InChI=1S/C22H30N2/c1-18(2)24(17-21-8-5-4-6-9-21)15-14-19(3)22-11-7-10-20(16-23)12-13-22/h4-6,8-9,11-13,18-20H,7,10,14-15,17H2,1-3H3. The van der Waals surface area contributed by atoms with Gasteiger partial charge in [0.15, 0.2) is 0 Å². The van der Waals surface area contributed by atoms with Gasteiger partial charge in [-0.3, -0.25) is 4.90 Å². The average molecular weight is 322 g/mol. The zero-order chi connectivity index (χ0) is 17.4. The van der Waals surface area contributed by atoms with Crippen LogP contribution in [0, 0.1) is 23.2 Å². The number of hydrogen-bond acceptors (Lipinski definition) is 2. The molecule has 0 saturated heterocycles. The van der Waals surface area contributed by atoms with E-state index in [-0.39, 0.29) is 5.92 Å². The summed E-state index contributed by atoms with van der Waals surface area (Å²) < 4.78 is 0. The van der Waals surface area contributed by atoms with E-state index in [9.17, 15) is 0 Å². The average Bonchev–Trinajstić information content (AvgIpc) is 2.84. The molecule has 0 heterocycles. The van der Waals surface area contributed by atoms with Gasteiger partial charge in [0.25, 0.3) is 0 Å². The van der Waals surface area contributed by atoms with Gasteiger partial charge in [-0.1, -0.05) is 55.5 Å². The second-order valence-corrected chi connectivity index (χ2v) is 7.12. The number of nitrogens with zero attached hydrogens (tertiary/aromatic N) is 2. The Morgan fingerprint density at radius 3 is 2.62 bits per heavy atom. The van der Waals surface area contributed by atoms with Gasteiger partial charge < -0.3 is 0 Å². The molecule has 0 bridgehead atoms. The molecule has 2 heteroatoms. The molecule has 0 saturated carbocycles. The van der Waals surface area contributed by atoms with Crippen LogP contribution in [0.1, 0.15) is 45.6 Å². The first-order valence-corrected chi connectivity index (χ1v) is 9.16. The third-order valence-electron chi connectivity index (χ3n) is 4.92. The number of nitriles is 1. The molecule has 0 spiro atoms.